The van der Waals surface area contributed by atoms with Crippen molar-refractivity contribution in [2.45, 2.75) is 64.5 Å². The summed E-state index contributed by atoms with van der Waals surface area (Å²) in [5.41, 5.74) is 2.27. The molecule has 3 aromatic rings. The second kappa shape index (κ2) is 12.9. The fourth-order valence-electron chi connectivity index (χ4n) is 3.48. The number of thioether (sulfide) groups is 1. The van der Waals surface area contributed by atoms with Gasteiger partial charge in [-0.05, 0) is 50.5 Å². The lowest BCUT2D eigenvalue weighted by molar-refractivity contribution is -0.127. The number of amides is 2. The Morgan fingerprint density at radius 1 is 1.03 bits per heavy atom. The van der Waals surface area contributed by atoms with Crippen LogP contribution >= 0.6 is 11.8 Å². The van der Waals surface area contributed by atoms with Gasteiger partial charge in [0, 0.05) is 6.54 Å². The third-order valence-corrected chi connectivity index (χ3v) is 6.52. The molecule has 0 bridgehead atoms. The van der Waals surface area contributed by atoms with Gasteiger partial charge < -0.3 is 19.9 Å². The minimum atomic E-state index is -0.649. The summed E-state index contributed by atoms with van der Waals surface area (Å²) in [6.07, 6.45) is 0.302. The number of hydrogen-bond acceptors (Lipinski definition) is 6. The Labute approximate surface area is 210 Å². The Morgan fingerprint density at radius 2 is 1.74 bits per heavy atom. The van der Waals surface area contributed by atoms with Crippen molar-refractivity contribution in [3.05, 3.63) is 71.5 Å². The highest BCUT2D eigenvalue weighted by molar-refractivity contribution is 7.99. The van der Waals surface area contributed by atoms with Crippen molar-refractivity contribution in [2.75, 3.05) is 5.75 Å². The summed E-state index contributed by atoms with van der Waals surface area (Å²) in [6, 6.07) is 17.5. The highest BCUT2D eigenvalue weighted by Crippen LogP contribution is 2.18. The van der Waals surface area contributed by atoms with Crippen molar-refractivity contribution in [1.82, 2.24) is 25.4 Å². The van der Waals surface area contributed by atoms with Gasteiger partial charge in [-0.15, -0.1) is 10.2 Å². The topological polar surface area (TPSA) is 98.1 Å². The van der Waals surface area contributed by atoms with Gasteiger partial charge in [0.05, 0.1) is 18.3 Å². The van der Waals surface area contributed by atoms with Crippen molar-refractivity contribution in [3.8, 4) is 5.75 Å². The fraction of sp³-hybridized carbons (Fsp3) is 0.385. The molecule has 9 heteroatoms. The largest absolute Gasteiger partial charge is 0.481 e. The van der Waals surface area contributed by atoms with Crippen molar-refractivity contribution < 1.29 is 14.3 Å². The van der Waals surface area contributed by atoms with E-state index in [2.05, 4.69) is 27.8 Å². The summed E-state index contributed by atoms with van der Waals surface area (Å²) in [7, 11) is 0. The maximum atomic E-state index is 12.5. The highest BCUT2D eigenvalue weighted by atomic mass is 32.2. The second-order valence-electron chi connectivity index (χ2n) is 8.11. The Balaban J connectivity index is 1.49. The van der Waals surface area contributed by atoms with Gasteiger partial charge in [0.15, 0.2) is 17.1 Å². The van der Waals surface area contributed by atoms with Crippen molar-refractivity contribution >= 4 is 23.6 Å². The number of carbonyl (C=O) groups excluding carboxylic acids is 2. The minimum Gasteiger partial charge on any atom is -0.481 e. The number of nitrogens with zero attached hydrogens (tertiary/aromatic N) is 3. The molecule has 0 unspecified atom stereocenters. The summed E-state index contributed by atoms with van der Waals surface area (Å²) in [5.74, 6) is 1.19. The number of benzene rings is 2. The lowest BCUT2D eigenvalue weighted by Crippen LogP contribution is -2.36. The number of rotatable bonds is 12. The first-order valence-electron chi connectivity index (χ1n) is 11.8. The van der Waals surface area contributed by atoms with Crippen LogP contribution in [0.4, 0.5) is 0 Å². The zero-order valence-corrected chi connectivity index (χ0v) is 21.5. The Bertz CT molecular complexity index is 1100. The molecule has 2 amide bonds. The average molecular weight is 496 g/mol. The molecule has 0 spiro atoms. The molecule has 0 aliphatic rings. The van der Waals surface area contributed by atoms with Crippen LogP contribution in [0.5, 0.6) is 5.75 Å². The average Bonchev–Trinajstić information content (AvgIpc) is 3.28. The van der Waals surface area contributed by atoms with Crippen LogP contribution in [0.15, 0.2) is 59.8 Å². The first kappa shape index (κ1) is 26.3. The van der Waals surface area contributed by atoms with Crippen molar-refractivity contribution in [1.29, 1.82) is 0 Å². The van der Waals surface area contributed by atoms with Gasteiger partial charge in [0.25, 0.3) is 5.91 Å². The van der Waals surface area contributed by atoms with E-state index in [0.717, 1.165) is 12.0 Å². The molecule has 3 rings (SSSR count). The Hall–Kier alpha value is -3.33. The maximum Gasteiger partial charge on any atom is 0.261 e. The van der Waals surface area contributed by atoms with Gasteiger partial charge in [-0.25, -0.2) is 0 Å². The zero-order chi connectivity index (χ0) is 25.2. The van der Waals surface area contributed by atoms with E-state index in [4.69, 9.17) is 4.74 Å². The maximum absolute atomic E-state index is 12.5. The molecule has 35 heavy (non-hydrogen) atoms. The summed E-state index contributed by atoms with van der Waals surface area (Å²) in [5, 5.41) is 14.9. The monoisotopic (exact) mass is 495 g/mol. The first-order valence-corrected chi connectivity index (χ1v) is 12.8. The molecule has 0 saturated carbocycles. The molecule has 0 fully saturated rings. The molecular formula is C26H33N5O3S. The second-order valence-corrected chi connectivity index (χ2v) is 9.05. The highest BCUT2D eigenvalue weighted by Gasteiger charge is 2.18. The van der Waals surface area contributed by atoms with Crippen molar-refractivity contribution in [2.24, 2.45) is 0 Å². The Kier molecular flexibility index (Phi) is 9.72. The van der Waals surface area contributed by atoms with E-state index in [1.165, 1.54) is 17.3 Å². The standard InChI is InChI=1S/C26H33N5O3S/c1-5-20-12-14-22(15-13-20)34-19(4)25(33)27-16-23-29-30-26(31(23)6-2)35-17-24(32)28-18(3)21-10-8-7-9-11-21/h7-15,18-19H,5-6,16-17H2,1-4H3,(H,27,33)(H,28,32)/t18-,19+/m0/s1. The summed E-state index contributed by atoms with van der Waals surface area (Å²) in [4.78, 5) is 25.0. The predicted molar refractivity (Wildman–Crippen MR) is 137 cm³/mol. The third kappa shape index (κ3) is 7.58. The number of hydrogen-bond donors (Lipinski definition) is 2. The van der Waals surface area contributed by atoms with Crippen LogP contribution in [0, 0.1) is 0 Å². The Morgan fingerprint density at radius 3 is 2.40 bits per heavy atom. The molecule has 2 N–H and O–H groups in total. The smallest absolute Gasteiger partial charge is 0.261 e. The van der Waals surface area contributed by atoms with Gasteiger partial charge in [-0.2, -0.15) is 0 Å². The van der Waals surface area contributed by atoms with Crippen LogP contribution in [0.25, 0.3) is 0 Å². The molecule has 1 heterocycles. The lowest BCUT2D eigenvalue weighted by atomic mass is 10.1. The van der Waals surface area contributed by atoms with E-state index in [0.29, 0.717) is 23.3 Å². The molecule has 0 radical (unpaired) electrons. The minimum absolute atomic E-state index is 0.0760. The first-order chi connectivity index (χ1) is 16.9. The van der Waals surface area contributed by atoms with Gasteiger partial charge >= 0.3 is 0 Å². The summed E-state index contributed by atoms with van der Waals surface area (Å²) in [6.45, 7) is 8.58. The number of aryl methyl sites for hydroxylation is 1. The number of aromatic nitrogens is 3. The van der Waals surface area contributed by atoms with Crippen LogP contribution in [-0.4, -0.2) is 38.4 Å². The number of carbonyl (C=O) groups is 2. The van der Waals surface area contributed by atoms with Crippen LogP contribution in [0.2, 0.25) is 0 Å². The SMILES string of the molecule is CCc1ccc(O[C@H](C)C(=O)NCc2nnc(SCC(=O)N[C@@H](C)c3ccccc3)n2CC)cc1. The van der Waals surface area contributed by atoms with Gasteiger partial charge in [-0.3, -0.25) is 9.59 Å². The molecule has 2 atom stereocenters. The van der Waals surface area contributed by atoms with E-state index < -0.39 is 6.10 Å². The van der Waals surface area contributed by atoms with E-state index in [1.54, 1.807) is 6.92 Å². The predicted octanol–water partition coefficient (Wildman–Crippen LogP) is 3.91. The number of ether oxygens (including phenoxy) is 1. The van der Waals surface area contributed by atoms with Crippen molar-refractivity contribution in [3.63, 3.8) is 0 Å². The summed E-state index contributed by atoms with van der Waals surface area (Å²) < 4.78 is 7.65. The van der Waals surface area contributed by atoms with E-state index >= 15 is 0 Å². The summed E-state index contributed by atoms with van der Waals surface area (Å²) >= 11 is 1.32. The fourth-order valence-corrected chi connectivity index (χ4v) is 4.32. The molecule has 8 nitrogen and oxygen atoms in total. The van der Waals surface area contributed by atoms with Crippen LogP contribution in [-0.2, 0) is 29.1 Å². The molecule has 1 aromatic heterocycles. The van der Waals surface area contributed by atoms with Gasteiger partial charge in [-0.1, -0.05) is 61.2 Å². The van der Waals surface area contributed by atoms with E-state index in [1.807, 2.05) is 73.0 Å². The normalized spacial score (nSPS) is 12.6. The third-order valence-electron chi connectivity index (χ3n) is 5.55. The lowest BCUT2D eigenvalue weighted by Gasteiger charge is -2.15. The molecule has 0 aliphatic heterocycles. The number of nitrogens with one attached hydrogen (secondary N) is 2. The molecule has 186 valence electrons. The van der Waals surface area contributed by atoms with E-state index in [9.17, 15) is 9.59 Å². The van der Waals surface area contributed by atoms with Gasteiger partial charge in [0.2, 0.25) is 5.91 Å². The quantitative estimate of drug-likeness (QED) is 0.370. The molecule has 2 aromatic carbocycles. The van der Waals surface area contributed by atoms with Crippen LogP contribution in [0.1, 0.15) is 50.7 Å². The van der Waals surface area contributed by atoms with E-state index in [-0.39, 0.29) is 30.2 Å². The van der Waals surface area contributed by atoms with Crippen LogP contribution in [0.3, 0.4) is 0 Å². The van der Waals surface area contributed by atoms with Gasteiger partial charge in [0.1, 0.15) is 5.75 Å². The zero-order valence-electron chi connectivity index (χ0n) is 20.7. The molecule has 0 aliphatic carbocycles. The molecular weight excluding hydrogens is 462 g/mol. The van der Waals surface area contributed by atoms with Crippen LogP contribution < -0.4 is 15.4 Å². The molecule has 0 saturated heterocycles.